The van der Waals surface area contributed by atoms with Crippen LogP contribution in [-0.4, -0.2) is 59.8 Å². The van der Waals surface area contributed by atoms with E-state index in [-0.39, 0.29) is 18.9 Å². The molecule has 4 atom stereocenters. The molecule has 1 aliphatic heterocycles. The number of rotatable bonds is 5. The molecule has 0 aromatic heterocycles. The zero-order valence-electron chi connectivity index (χ0n) is 14.4. The van der Waals surface area contributed by atoms with Gasteiger partial charge in [0.2, 0.25) is 12.2 Å². The van der Waals surface area contributed by atoms with Crippen molar-refractivity contribution in [3.05, 3.63) is 29.8 Å². The standard InChI is InChI=1S/C17H23NO7/c1-10(20)18-14-16(25-13(9-19)8-17(14,2)22)24-12-6-4-11(5-7-12)15(21)23-3/h4-7,13-14,16,19,22H,8-9H2,1-3H3,(H,18,20)/t13-,14-,16+,17+/m0/s1. The number of nitrogens with one attached hydrogen (secondary N) is 1. The number of methoxy groups -OCH3 is 1. The highest BCUT2D eigenvalue weighted by molar-refractivity contribution is 5.89. The van der Waals surface area contributed by atoms with E-state index in [4.69, 9.17) is 9.47 Å². The van der Waals surface area contributed by atoms with Crippen molar-refractivity contribution in [2.75, 3.05) is 13.7 Å². The lowest BCUT2D eigenvalue weighted by Gasteiger charge is -2.45. The van der Waals surface area contributed by atoms with E-state index < -0.39 is 30.0 Å². The number of ether oxygens (including phenoxy) is 3. The average Bonchev–Trinajstić information content (AvgIpc) is 2.57. The molecule has 138 valence electrons. The molecule has 0 spiro atoms. The molecule has 25 heavy (non-hydrogen) atoms. The summed E-state index contributed by atoms with van der Waals surface area (Å²) in [6.07, 6.45) is -1.48. The summed E-state index contributed by atoms with van der Waals surface area (Å²) in [7, 11) is 1.29. The van der Waals surface area contributed by atoms with E-state index in [1.54, 1.807) is 19.1 Å². The summed E-state index contributed by atoms with van der Waals surface area (Å²) in [6.45, 7) is 2.59. The number of amides is 1. The lowest BCUT2D eigenvalue weighted by molar-refractivity contribution is -0.228. The van der Waals surface area contributed by atoms with Crippen molar-refractivity contribution in [3.63, 3.8) is 0 Å². The van der Waals surface area contributed by atoms with E-state index in [0.717, 1.165) is 0 Å². The lowest BCUT2D eigenvalue weighted by atomic mass is 9.86. The zero-order chi connectivity index (χ0) is 18.6. The Bertz CT molecular complexity index is 614. The maximum atomic E-state index is 11.5. The summed E-state index contributed by atoms with van der Waals surface area (Å²) in [4.78, 5) is 22.9. The molecule has 1 saturated heterocycles. The Kier molecular flexibility index (Phi) is 5.99. The minimum absolute atomic E-state index is 0.148. The summed E-state index contributed by atoms with van der Waals surface area (Å²) in [5, 5.41) is 22.6. The van der Waals surface area contributed by atoms with Crippen molar-refractivity contribution >= 4 is 11.9 Å². The molecule has 0 bridgehead atoms. The van der Waals surface area contributed by atoms with Gasteiger partial charge in [0.1, 0.15) is 11.8 Å². The highest BCUT2D eigenvalue weighted by atomic mass is 16.7. The van der Waals surface area contributed by atoms with Crippen LogP contribution in [0, 0.1) is 0 Å². The molecule has 0 radical (unpaired) electrons. The molecule has 8 heteroatoms. The van der Waals surface area contributed by atoms with Crippen LogP contribution in [0.3, 0.4) is 0 Å². The van der Waals surface area contributed by atoms with Crippen LogP contribution in [0.4, 0.5) is 0 Å². The smallest absolute Gasteiger partial charge is 0.337 e. The fraction of sp³-hybridized carbons (Fsp3) is 0.529. The SMILES string of the molecule is COC(=O)c1ccc(O[C@@H]2O[C@H](CO)C[C@@](C)(O)[C@H]2NC(C)=O)cc1. The molecule has 1 heterocycles. The molecule has 3 N–H and O–H groups in total. The molecule has 0 unspecified atom stereocenters. The first kappa shape index (κ1) is 19.2. The van der Waals surface area contributed by atoms with E-state index in [0.29, 0.717) is 11.3 Å². The van der Waals surface area contributed by atoms with Crippen LogP contribution < -0.4 is 10.1 Å². The Balaban J connectivity index is 2.20. The lowest BCUT2D eigenvalue weighted by Crippen LogP contribution is -2.64. The molecule has 1 aliphatic rings. The van der Waals surface area contributed by atoms with Gasteiger partial charge in [0, 0.05) is 13.3 Å². The quantitative estimate of drug-likeness (QED) is 0.649. The predicted molar refractivity (Wildman–Crippen MR) is 87.0 cm³/mol. The van der Waals surface area contributed by atoms with Gasteiger partial charge in [0.25, 0.3) is 0 Å². The van der Waals surface area contributed by atoms with Crippen molar-refractivity contribution in [2.24, 2.45) is 0 Å². The number of carbonyl (C=O) groups excluding carboxylic acids is 2. The van der Waals surface area contributed by atoms with Gasteiger partial charge in [-0.3, -0.25) is 4.79 Å². The topological polar surface area (TPSA) is 114 Å². The van der Waals surface area contributed by atoms with Crippen molar-refractivity contribution < 1.29 is 34.0 Å². The zero-order valence-corrected chi connectivity index (χ0v) is 14.4. The largest absolute Gasteiger partial charge is 0.465 e. The molecule has 1 amide bonds. The maximum Gasteiger partial charge on any atom is 0.337 e. The van der Waals surface area contributed by atoms with E-state index in [2.05, 4.69) is 10.1 Å². The summed E-state index contributed by atoms with van der Waals surface area (Å²) >= 11 is 0. The van der Waals surface area contributed by atoms with E-state index in [1.807, 2.05) is 0 Å². The van der Waals surface area contributed by atoms with Gasteiger partial charge in [-0.1, -0.05) is 0 Å². The van der Waals surface area contributed by atoms with Gasteiger partial charge in [-0.15, -0.1) is 0 Å². The molecule has 1 aromatic carbocycles. The first-order valence-electron chi connectivity index (χ1n) is 7.87. The van der Waals surface area contributed by atoms with Crippen molar-refractivity contribution in [1.29, 1.82) is 0 Å². The Morgan fingerprint density at radius 3 is 2.52 bits per heavy atom. The van der Waals surface area contributed by atoms with Crippen LogP contribution in [0.1, 0.15) is 30.6 Å². The first-order chi connectivity index (χ1) is 11.8. The molecule has 8 nitrogen and oxygen atoms in total. The molecule has 1 fully saturated rings. The Labute approximate surface area is 145 Å². The third kappa shape index (κ3) is 4.68. The monoisotopic (exact) mass is 353 g/mol. The summed E-state index contributed by atoms with van der Waals surface area (Å²) in [5.74, 6) is -0.437. The van der Waals surface area contributed by atoms with Crippen molar-refractivity contribution in [1.82, 2.24) is 5.32 Å². The number of aliphatic hydroxyl groups excluding tert-OH is 1. The fourth-order valence-electron chi connectivity index (χ4n) is 2.76. The van der Waals surface area contributed by atoms with Gasteiger partial charge >= 0.3 is 5.97 Å². The van der Waals surface area contributed by atoms with Crippen molar-refractivity contribution in [2.45, 2.75) is 44.3 Å². The molecule has 2 rings (SSSR count). The van der Waals surface area contributed by atoms with Gasteiger partial charge in [0.15, 0.2) is 0 Å². The van der Waals surface area contributed by atoms with E-state index >= 15 is 0 Å². The first-order valence-corrected chi connectivity index (χ1v) is 7.87. The van der Waals surface area contributed by atoms with Gasteiger partial charge < -0.3 is 29.7 Å². The fourth-order valence-corrected chi connectivity index (χ4v) is 2.76. The Morgan fingerprint density at radius 2 is 2.00 bits per heavy atom. The predicted octanol–water partition coefficient (Wildman–Crippen LogP) is 0.215. The van der Waals surface area contributed by atoms with Crippen LogP contribution in [0.2, 0.25) is 0 Å². The molecule has 0 aliphatic carbocycles. The number of carbonyl (C=O) groups is 2. The maximum absolute atomic E-state index is 11.5. The van der Waals surface area contributed by atoms with Crippen molar-refractivity contribution in [3.8, 4) is 5.75 Å². The van der Waals surface area contributed by atoms with Crippen LogP contribution in [-0.2, 0) is 14.3 Å². The second kappa shape index (κ2) is 7.81. The van der Waals surface area contributed by atoms with Crippen LogP contribution in [0.5, 0.6) is 5.75 Å². The average molecular weight is 353 g/mol. The number of benzene rings is 1. The number of hydrogen-bond acceptors (Lipinski definition) is 7. The number of hydrogen-bond donors (Lipinski definition) is 3. The summed E-state index contributed by atoms with van der Waals surface area (Å²) < 4.78 is 16.0. The molecular formula is C17H23NO7. The van der Waals surface area contributed by atoms with Crippen LogP contribution in [0.15, 0.2) is 24.3 Å². The van der Waals surface area contributed by atoms with E-state index in [9.17, 15) is 19.8 Å². The highest BCUT2D eigenvalue weighted by Crippen LogP contribution is 2.31. The highest BCUT2D eigenvalue weighted by Gasteiger charge is 2.47. The minimum Gasteiger partial charge on any atom is -0.465 e. The summed E-state index contributed by atoms with van der Waals surface area (Å²) in [6, 6.07) is 5.33. The van der Waals surface area contributed by atoms with Gasteiger partial charge in [-0.25, -0.2) is 4.79 Å². The van der Waals surface area contributed by atoms with Gasteiger partial charge in [-0.2, -0.15) is 0 Å². The molecule has 0 saturated carbocycles. The Morgan fingerprint density at radius 1 is 1.36 bits per heavy atom. The number of aliphatic hydroxyl groups is 2. The van der Waals surface area contributed by atoms with Crippen LogP contribution >= 0.6 is 0 Å². The third-order valence-electron chi connectivity index (χ3n) is 4.00. The Hall–Kier alpha value is -2.16. The summed E-state index contributed by atoms with van der Waals surface area (Å²) in [5.41, 5.74) is -0.966. The van der Waals surface area contributed by atoms with E-state index in [1.165, 1.54) is 26.2 Å². The third-order valence-corrected chi connectivity index (χ3v) is 4.00. The van der Waals surface area contributed by atoms with Crippen LogP contribution in [0.25, 0.3) is 0 Å². The van der Waals surface area contributed by atoms with Gasteiger partial charge in [0.05, 0.1) is 31.0 Å². The normalized spacial score (nSPS) is 28.9. The molecular weight excluding hydrogens is 330 g/mol. The minimum atomic E-state index is -1.33. The molecule has 1 aromatic rings. The second-order valence-corrected chi connectivity index (χ2v) is 6.18. The van der Waals surface area contributed by atoms with Gasteiger partial charge in [-0.05, 0) is 31.2 Å². The number of esters is 1. The second-order valence-electron chi connectivity index (χ2n) is 6.18.